The van der Waals surface area contributed by atoms with Gasteiger partial charge in [0.05, 0.1) is 5.41 Å². The second-order valence-electron chi connectivity index (χ2n) is 18.8. The van der Waals surface area contributed by atoms with Crippen molar-refractivity contribution in [3.63, 3.8) is 0 Å². The average molecular weight is 826 g/mol. The summed E-state index contributed by atoms with van der Waals surface area (Å²) in [5.74, 6) is 0. The smallest absolute Gasteiger partial charge is 0.0725 e. The van der Waals surface area contributed by atoms with E-state index in [2.05, 4.69) is 243 Å². The van der Waals surface area contributed by atoms with Gasteiger partial charge in [0, 0.05) is 22.5 Å². The van der Waals surface area contributed by atoms with Crippen molar-refractivity contribution in [3.05, 3.63) is 258 Å². The van der Waals surface area contributed by atoms with Crippen LogP contribution in [0.3, 0.4) is 0 Å². The lowest BCUT2D eigenvalue weighted by Gasteiger charge is -2.30. The summed E-state index contributed by atoms with van der Waals surface area (Å²) in [6.45, 7) is 4.74. The Bertz CT molecular complexity index is 3730. The molecule has 1 spiro atoms. The molecule has 3 aliphatic rings. The molecule has 0 heterocycles. The van der Waals surface area contributed by atoms with E-state index in [4.69, 9.17) is 0 Å². The van der Waals surface area contributed by atoms with Crippen molar-refractivity contribution in [2.24, 2.45) is 0 Å². The molecule has 14 rings (SSSR count). The second kappa shape index (κ2) is 13.3. The third kappa shape index (κ3) is 4.88. The van der Waals surface area contributed by atoms with Gasteiger partial charge in [0.15, 0.2) is 0 Å². The van der Waals surface area contributed by atoms with Gasteiger partial charge in [-0.1, -0.05) is 196 Å². The van der Waals surface area contributed by atoms with Crippen LogP contribution in [0, 0.1) is 0 Å². The Labute approximate surface area is 379 Å². The number of benzene rings is 11. The van der Waals surface area contributed by atoms with Gasteiger partial charge < -0.3 is 4.90 Å². The Morgan fingerprint density at radius 3 is 1.26 bits per heavy atom. The minimum Gasteiger partial charge on any atom is -0.310 e. The number of hydrogen-bond donors (Lipinski definition) is 0. The van der Waals surface area contributed by atoms with Crippen molar-refractivity contribution in [2.45, 2.75) is 24.7 Å². The Morgan fingerprint density at radius 2 is 0.662 bits per heavy atom. The van der Waals surface area contributed by atoms with E-state index in [-0.39, 0.29) is 10.8 Å². The molecule has 0 N–H and O–H groups in total. The molecule has 1 heteroatoms. The summed E-state index contributed by atoms with van der Waals surface area (Å²) in [6.07, 6.45) is 0. The van der Waals surface area contributed by atoms with Gasteiger partial charge in [-0.25, -0.2) is 0 Å². The van der Waals surface area contributed by atoms with E-state index in [9.17, 15) is 0 Å². The van der Waals surface area contributed by atoms with Gasteiger partial charge in [0.25, 0.3) is 0 Å². The molecule has 0 saturated carbocycles. The summed E-state index contributed by atoms with van der Waals surface area (Å²) in [5, 5.41) is 7.66. The minimum absolute atomic E-state index is 0.122. The lowest BCUT2D eigenvalue weighted by molar-refractivity contribution is 0.660. The third-order valence-electron chi connectivity index (χ3n) is 15.3. The zero-order valence-electron chi connectivity index (χ0n) is 36.3. The maximum absolute atomic E-state index is 2.46. The van der Waals surface area contributed by atoms with Gasteiger partial charge in [0.1, 0.15) is 0 Å². The molecule has 11 aromatic rings. The number of fused-ring (bicyclic) bond motifs is 19. The summed E-state index contributed by atoms with van der Waals surface area (Å²) in [6, 6.07) is 84.4. The summed E-state index contributed by atoms with van der Waals surface area (Å²) in [7, 11) is 0. The van der Waals surface area contributed by atoms with E-state index in [0.29, 0.717) is 0 Å². The van der Waals surface area contributed by atoms with Gasteiger partial charge in [0.2, 0.25) is 0 Å². The van der Waals surface area contributed by atoms with Crippen LogP contribution in [0.1, 0.15) is 47.2 Å². The fourth-order valence-corrected chi connectivity index (χ4v) is 12.4. The Morgan fingerprint density at radius 1 is 0.262 bits per heavy atom. The van der Waals surface area contributed by atoms with Gasteiger partial charge in [-0.05, 0) is 153 Å². The SMILES string of the molecule is CC1(C)c2ccccc2-c2ccc(N(c3ccc(-c4ccc5c(c4)-c4ccccc4C54c5ccccc5-c5ccccc54)cc3)c3ccc4c5ccccc5c5ccccc5c4c3)cc21. The Hall–Kier alpha value is -8.00. The fraction of sp³-hybridized carbons (Fsp3) is 0.0625. The molecule has 11 aromatic carbocycles. The first-order chi connectivity index (χ1) is 32.0. The zero-order chi connectivity index (χ0) is 43.0. The topological polar surface area (TPSA) is 3.24 Å². The minimum atomic E-state index is -0.342. The van der Waals surface area contributed by atoms with E-state index >= 15 is 0 Å². The molecular formula is C64H43N. The van der Waals surface area contributed by atoms with E-state index in [1.165, 1.54) is 110 Å². The maximum Gasteiger partial charge on any atom is 0.0725 e. The van der Waals surface area contributed by atoms with Crippen LogP contribution < -0.4 is 4.90 Å². The number of rotatable bonds is 4. The molecule has 0 aromatic heterocycles. The molecule has 0 amide bonds. The standard InChI is InChI=1S/C64H43N/c1-63(2)57-23-11-7-19-50(57)54-35-33-44(39-62(54)63)65(43-32-34-49-47-17-4-3-15-45(47)46-16-5-6-18-48(46)55(49)38-43)42-30-27-40(28-31-42)41-29-36-61-56(37-41)53-22-10-14-26-60(53)64(61)58-24-12-8-20-51(58)52-21-9-13-25-59(52)64/h3-39H,1-2H3. The van der Waals surface area contributed by atoms with Gasteiger partial charge >= 0.3 is 0 Å². The van der Waals surface area contributed by atoms with Crippen molar-refractivity contribution < 1.29 is 0 Å². The maximum atomic E-state index is 2.46. The van der Waals surface area contributed by atoms with Crippen LogP contribution in [0.2, 0.25) is 0 Å². The third-order valence-corrected chi connectivity index (χ3v) is 15.3. The largest absolute Gasteiger partial charge is 0.310 e. The average Bonchev–Trinajstić information content (AvgIpc) is 3.92. The second-order valence-corrected chi connectivity index (χ2v) is 18.8. The molecule has 0 bridgehead atoms. The quantitative estimate of drug-likeness (QED) is 0.160. The van der Waals surface area contributed by atoms with Crippen molar-refractivity contribution in [1.29, 1.82) is 0 Å². The molecule has 0 aliphatic heterocycles. The lowest BCUT2D eigenvalue weighted by Crippen LogP contribution is -2.25. The first-order valence-corrected chi connectivity index (χ1v) is 22.9. The van der Waals surface area contributed by atoms with Crippen LogP contribution >= 0.6 is 0 Å². The highest BCUT2D eigenvalue weighted by molar-refractivity contribution is 6.25. The summed E-state index contributed by atoms with van der Waals surface area (Å²) >= 11 is 0. The molecule has 0 unspecified atom stereocenters. The molecule has 304 valence electrons. The molecule has 1 nitrogen and oxygen atoms in total. The highest BCUT2D eigenvalue weighted by Crippen LogP contribution is 2.63. The fourth-order valence-electron chi connectivity index (χ4n) is 12.4. The van der Waals surface area contributed by atoms with Crippen molar-refractivity contribution in [2.75, 3.05) is 4.90 Å². The van der Waals surface area contributed by atoms with Crippen LogP contribution in [0.15, 0.2) is 224 Å². The zero-order valence-corrected chi connectivity index (χ0v) is 36.3. The van der Waals surface area contributed by atoms with E-state index in [1.54, 1.807) is 0 Å². The van der Waals surface area contributed by atoms with Gasteiger partial charge in [-0.3, -0.25) is 0 Å². The molecule has 3 aliphatic carbocycles. The number of hydrogen-bond acceptors (Lipinski definition) is 1. The first kappa shape index (κ1) is 36.5. The number of anilines is 3. The van der Waals surface area contributed by atoms with Crippen molar-refractivity contribution >= 4 is 49.4 Å². The predicted octanol–water partition coefficient (Wildman–Crippen LogP) is 16.9. The molecule has 0 saturated heterocycles. The van der Waals surface area contributed by atoms with Gasteiger partial charge in [-0.15, -0.1) is 0 Å². The summed E-state index contributed by atoms with van der Waals surface area (Å²) in [4.78, 5) is 2.46. The van der Waals surface area contributed by atoms with Crippen LogP contribution in [0.4, 0.5) is 17.1 Å². The molecule has 0 fully saturated rings. The predicted molar refractivity (Wildman–Crippen MR) is 273 cm³/mol. The summed E-state index contributed by atoms with van der Waals surface area (Å²) < 4.78 is 0. The molecule has 0 radical (unpaired) electrons. The highest BCUT2D eigenvalue weighted by atomic mass is 15.1. The van der Waals surface area contributed by atoms with E-state index in [0.717, 1.165) is 17.1 Å². The Kier molecular flexibility index (Phi) is 7.45. The summed E-state index contributed by atoms with van der Waals surface area (Å²) in [5.41, 5.74) is 21.5. The normalized spacial score (nSPS) is 14.2. The van der Waals surface area contributed by atoms with E-state index < -0.39 is 0 Å². The lowest BCUT2D eigenvalue weighted by atomic mass is 9.70. The van der Waals surface area contributed by atoms with Crippen LogP contribution in [0.5, 0.6) is 0 Å². The van der Waals surface area contributed by atoms with Crippen LogP contribution in [-0.2, 0) is 10.8 Å². The first-order valence-electron chi connectivity index (χ1n) is 22.9. The van der Waals surface area contributed by atoms with Crippen LogP contribution in [-0.4, -0.2) is 0 Å². The number of nitrogens with zero attached hydrogens (tertiary/aromatic N) is 1. The monoisotopic (exact) mass is 825 g/mol. The van der Waals surface area contributed by atoms with Crippen LogP contribution in [0.25, 0.3) is 76.8 Å². The van der Waals surface area contributed by atoms with Crippen molar-refractivity contribution in [3.8, 4) is 44.5 Å². The van der Waals surface area contributed by atoms with E-state index in [1.807, 2.05) is 0 Å². The van der Waals surface area contributed by atoms with Gasteiger partial charge in [-0.2, -0.15) is 0 Å². The molecule has 0 atom stereocenters. The molecule has 65 heavy (non-hydrogen) atoms. The Balaban J connectivity index is 0.928. The van der Waals surface area contributed by atoms with Crippen molar-refractivity contribution in [1.82, 2.24) is 0 Å². The highest BCUT2D eigenvalue weighted by Gasteiger charge is 2.51. The molecular weight excluding hydrogens is 783 g/mol.